The summed E-state index contributed by atoms with van der Waals surface area (Å²) >= 11 is 0. The first-order valence-corrected chi connectivity index (χ1v) is 10.9. The number of likely N-dealkylation sites (N-methyl/N-ethyl adjacent to an activating group) is 1. The summed E-state index contributed by atoms with van der Waals surface area (Å²) in [6, 6.07) is 4.88. The Morgan fingerprint density at radius 2 is 2.00 bits per heavy atom. The second-order valence-electron chi connectivity index (χ2n) is 7.64. The number of nitrogens with zero attached hydrogens (tertiary/aromatic N) is 3. The molecule has 3 heterocycles. The van der Waals surface area contributed by atoms with Crippen molar-refractivity contribution in [2.45, 2.75) is 45.7 Å². The highest BCUT2D eigenvalue weighted by Crippen LogP contribution is 2.24. The van der Waals surface area contributed by atoms with Crippen LogP contribution in [0.5, 0.6) is 0 Å². The molecule has 0 saturated carbocycles. The third kappa shape index (κ3) is 7.11. The van der Waals surface area contributed by atoms with Gasteiger partial charge in [-0.1, -0.05) is 6.92 Å². The Morgan fingerprint density at radius 3 is 2.66 bits per heavy atom. The molecule has 0 aliphatic carbocycles. The second-order valence-corrected chi connectivity index (χ2v) is 7.64. The molecule has 29 heavy (non-hydrogen) atoms. The summed E-state index contributed by atoms with van der Waals surface area (Å²) in [6.07, 6.45) is 2.56. The fourth-order valence-corrected chi connectivity index (χ4v) is 4.18. The second kappa shape index (κ2) is 12.8. The maximum Gasteiger partial charge on any atom is 0.191 e. The Labute approximate surface area is 192 Å². The van der Waals surface area contributed by atoms with E-state index in [-0.39, 0.29) is 30.0 Å². The third-order valence-corrected chi connectivity index (χ3v) is 5.75. The molecule has 2 aliphatic heterocycles. The Kier molecular flexibility index (Phi) is 10.8. The van der Waals surface area contributed by atoms with Crippen molar-refractivity contribution in [2.24, 2.45) is 4.99 Å². The number of hydrogen-bond acceptors (Lipinski definition) is 5. The van der Waals surface area contributed by atoms with E-state index in [1.165, 1.54) is 19.4 Å². The average molecular weight is 519 g/mol. The van der Waals surface area contributed by atoms with Gasteiger partial charge in [0.05, 0.1) is 25.8 Å². The SMILES string of the molecule is CCNC(=NCC(c1ccc(C)o1)N1CCOCC1)NCC1CCCN1CC.I. The Hall–Kier alpha value is -0.840. The van der Waals surface area contributed by atoms with Crippen LogP contribution in [-0.4, -0.2) is 80.8 Å². The maximum atomic E-state index is 5.96. The van der Waals surface area contributed by atoms with Crippen molar-refractivity contribution >= 4 is 29.9 Å². The number of ether oxygens (including phenoxy) is 1. The summed E-state index contributed by atoms with van der Waals surface area (Å²) in [7, 11) is 0. The molecule has 7 nitrogen and oxygen atoms in total. The van der Waals surface area contributed by atoms with E-state index in [0.717, 1.165) is 63.4 Å². The molecule has 0 bridgehead atoms. The number of guanidine groups is 1. The number of aliphatic imine (C=N–C) groups is 1. The molecule has 3 rings (SSSR count). The number of aryl methyl sites for hydroxylation is 1. The van der Waals surface area contributed by atoms with Gasteiger partial charge in [0.25, 0.3) is 0 Å². The van der Waals surface area contributed by atoms with E-state index in [9.17, 15) is 0 Å². The normalized spacial score (nSPS) is 22.3. The van der Waals surface area contributed by atoms with Crippen LogP contribution in [0.4, 0.5) is 0 Å². The van der Waals surface area contributed by atoms with Crippen LogP contribution in [0.1, 0.15) is 44.3 Å². The van der Waals surface area contributed by atoms with Crippen LogP contribution in [0.2, 0.25) is 0 Å². The van der Waals surface area contributed by atoms with E-state index < -0.39 is 0 Å². The lowest BCUT2D eigenvalue weighted by Gasteiger charge is -2.32. The van der Waals surface area contributed by atoms with Gasteiger partial charge in [-0.3, -0.25) is 14.8 Å². The van der Waals surface area contributed by atoms with E-state index >= 15 is 0 Å². The molecular formula is C21H38IN5O2. The molecule has 0 amide bonds. The smallest absolute Gasteiger partial charge is 0.191 e. The van der Waals surface area contributed by atoms with Crippen LogP contribution in [-0.2, 0) is 4.74 Å². The molecule has 1 aromatic rings. The van der Waals surface area contributed by atoms with Gasteiger partial charge < -0.3 is 19.8 Å². The summed E-state index contributed by atoms with van der Waals surface area (Å²) in [5.74, 6) is 2.84. The minimum absolute atomic E-state index is 0. The highest BCUT2D eigenvalue weighted by molar-refractivity contribution is 14.0. The molecule has 0 radical (unpaired) electrons. The zero-order valence-electron chi connectivity index (χ0n) is 18.2. The minimum atomic E-state index is 0. The lowest BCUT2D eigenvalue weighted by atomic mass is 10.1. The van der Waals surface area contributed by atoms with Crippen LogP contribution in [0.25, 0.3) is 0 Å². The number of rotatable bonds is 8. The summed E-state index contributed by atoms with van der Waals surface area (Å²) in [4.78, 5) is 9.90. The Bertz CT molecular complexity index is 618. The van der Waals surface area contributed by atoms with E-state index in [0.29, 0.717) is 12.6 Å². The number of hydrogen-bond donors (Lipinski definition) is 2. The molecule has 2 fully saturated rings. The van der Waals surface area contributed by atoms with Crippen molar-refractivity contribution < 1.29 is 9.15 Å². The molecule has 2 unspecified atom stereocenters. The monoisotopic (exact) mass is 519 g/mol. The van der Waals surface area contributed by atoms with Crippen molar-refractivity contribution in [1.82, 2.24) is 20.4 Å². The maximum absolute atomic E-state index is 5.96. The molecule has 0 spiro atoms. The van der Waals surface area contributed by atoms with Gasteiger partial charge >= 0.3 is 0 Å². The average Bonchev–Trinajstić information content (AvgIpc) is 3.35. The topological polar surface area (TPSA) is 65.3 Å². The molecule has 1 aromatic heterocycles. The first-order chi connectivity index (χ1) is 13.7. The van der Waals surface area contributed by atoms with Gasteiger partial charge in [0.15, 0.2) is 5.96 Å². The first-order valence-electron chi connectivity index (χ1n) is 10.9. The number of nitrogens with one attached hydrogen (secondary N) is 2. The molecule has 8 heteroatoms. The van der Waals surface area contributed by atoms with Crippen molar-refractivity contribution in [3.05, 3.63) is 23.7 Å². The quantitative estimate of drug-likeness (QED) is 0.313. The lowest BCUT2D eigenvalue weighted by Crippen LogP contribution is -2.45. The summed E-state index contributed by atoms with van der Waals surface area (Å²) in [5, 5.41) is 6.97. The molecule has 0 aromatic carbocycles. The van der Waals surface area contributed by atoms with Crippen LogP contribution >= 0.6 is 24.0 Å². The van der Waals surface area contributed by atoms with Crippen LogP contribution in [0.3, 0.4) is 0 Å². The van der Waals surface area contributed by atoms with Gasteiger partial charge in [0.2, 0.25) is 0 Å². The van der Waals surface area contributed by atoms with E-state index in [1.54, 1.807) is 0 Å². The van der Waals surface area contributed by atoms with Crippen LogP contribution in [0.15, 0.2) is 21.5 Å². The lowest BCUT2D eigenvalue weighted by molar-refractivity contribution is 0.0135. The zero-order chi connectivity index (χ0) is 19.8. The van der Waals surface area contributed by atoms with Crippen molar-refractivity contribution in [1.29, 1.82) is 0 Å². The molecular weight excluding hydrogens is 481 g/mol. The number of morpholine rings is 1. The Balaban J connectivity index is 0.00000300. The van der Waals surface area contributed by atoms with Gasteiger partial charge in [-0.05, 0) is 51.9 Å². The largest absolute Gasteiger partial charge is 0.465 e. The van der Waals surface area contributed by atoms with E-state index in [4.69, 9.17) is 14.1 Å². The number of likely N-dealkylation sites (tertiary alicyclic amines) is 1. The van der Waals surface area contributed by atoms with E-state index in [2.05, 4.69) is 40.3 Å². The fourth-order valence-electron chi connectivity index (χ4n) is 4.18. The minimum Gasteiger partial charge on any atom is -0.465 e. The van der Waals surface area contributed by atoms with Gasteiger partial charge in [0, 0.05) is 32.2 Å². The standard InChI is InChI=1S/C21H37N5O2.HI/c1-4-22-21(23-15-18-7-6-10-25(18)5-2)24-16-19(20-9-8-17(3)28-20)26-11-13-27-14-12-26;/h8-9,18-19H,4-7,10-16H2,1-3H3,(H2,22,23,24);1H. The van der Waals surface area contributed by atoms with Gasteiger partial charge in [-0.15, -0.1) is 24.0 Å². The summed E-state index contributed by atoms with van der Waals surface area (Å²) in [6.45, 7) is 14.5. The number of furan rings is 1. The van der Waals surface area contributed by atoms with Gasteiger partial charge in [-0.2, -0.15) is 0 Å². The van der Waals surface area contributed by atoms with Crippen LogP contribution in [0, 0.1) is 6.92 Å². The predicted molar refractivity (Wildman–Crippen MR) is 128 cm³/mol. The highest BCUT2D eigenvalue weighted by Gasteiger charge is 2.26. The summed E-state index contributed by atoms with van der Waals surface area (Å²) in [5.41, 5.74) is 0. The molecule has 2 saturated heterocycles. The Morgan fingerprint density at radius 1 is 1.21 bits per heavy atom. The van der Waals surface area contributed by atoms with Crippen LogP contribution < -0.4 is 10.6 Å². The van der Waals surface area contributed by atoms with Crippen molar-refractivity contribution in [3.8, 4) is 0 Å². The van der Waals surface area contributed by atoms with Crippen molar-refractivity contribution in [2.75, 3.05) is 59.0 Å². The van der Waals surface area contributed by atoms with Gasteiger partial charge in [0.1, 0.15) is 11.5 Å². The predicted octanol–water partition coefficient (Wildman–Crippen LogP) is 2.62. The summed E-state index contributed by atoms with van der Waals surface area (Å²) < 4.78 is 11.5. The molecule has 166 valence electrons. The molecule has 2 aliphatic rings. The zero-order valence-corrected chi connectivity index (χ0v) is 20.5. The third-order valence-electron chi connectivity index (χ3n) is 5.75. The van der Waals surface area contributed by atoms with Gasteiger partial charge in [-0.25, -0.2) is 0 Å². The molecule has 2 atom stereocenters. The van der Waals surface area contributed by atoms with Crippen molar-refractivity contribution in [3.63, 3.8) is 0 Å². The van der Waals surface area contributed by atoms with E-state index in [1.807, 2.05) is 13.0 Å². The fraction of sp³-hybridized carbons (Fsp3) is 0.762. The molecule has 2 N–H and O–H groups in total. The first kappa shape index (κ1) is 24.4. The number of halogens is 1. The highest BCUT2D eigenvalue weighted by atomic mass is 127.